The van der Waals surface area contributed by atoms with Crippen LogP contribution < -0.4 is 0 Å². The summed E-state index contributed by atoms with van der Waals surface area (Å²) in [6.07, 6.45) is 0. The van der Waals surface area contributed by atoms with Gasteiger partial charge in [0.05, 0.1) is 12.3 Å². The molecule has 70 valence electrons. The summed E-state index contributed by atoms with van der Waals surface area (Å²) in [4.78, 5) is 4.12. The van der Waals surface area contributed by atoms with E-state index in [1.165, 1.54) is 12.1 Å². The van der Waals surface area contributed by atoms with E-state index < -0.39 is 0 Å². The van der Waals surface area contributed by atoms with Gasteiger partial charge in [-0.1, -0.05) is 0 Å². The van der Waals surface area contributed by atoms with E-state index in [2.05, 4.69) is 4.99 Å². The minimum Gasteiger partial charge on any atom is -0.481 e. The van der Waals surface area contributed by atoms with Gasteiger partial charge in [-0.15, -0.1) is 0 Å². The SMILES string of the molecule is CCOC(C)=Nc1ccc(F)cc1. The molecule has 2 nitrogen and oxygen atoms in total. The Bertz CT molecular complexity index is 292. The molecule has 0 atom stereocenters. The molecule has 1 aromatic rings. The first-order chi connectivity index (χ1) is 6.22. The van der Waals surface area contributed by atoms with Gasteiger partial charge >= 0.3 is 0 Å². The highest BCUT2D eigenvalue weighted by atomic mass is 19.1. The number of hydrogen-bond acceptors (Lipinski definition) is 2. The van der Waals surface area contributed by atoms with Crippen molar-refractivity contribution in [2.24, 2.45) is 4.99 Å². The molecule has 0 saturated carbocycles. The lowest BCUT2D eigenvalue weighted by atomic mass is 10.3. The quantitative estimate of drug-likeness (QED) is 0.507. The van der Waals surface area contributed by atoms with Gasteiger partial charge in [0.25, 0.3) is 0 Å². The van der Waals surface area contributed by atoms with Gasteiger partial charge in [0.15, 0.2) is 5.90 Å². The summed E-state index contributed by atoms with van der Waals surface area (Å²) in [6, 6.07) is 5.96. The second kappa shape index (κ2) is 4.60. The molecule has 0 heterocycles. The van der Waals surface area contributed by atoms with E-state index in [0.29, 0.717) is 18.2 Å². The summed E-state index contributed by atoms with van der Waals surface area (Å²) >= 11 is 0. The van der Waals surface area contributed by atoms with Crippen LogP contribution in [0.5, 0.6) is 0 Å². The molecule has 0 aliphatic carbocycles. The van der Waals surface area contributed by atoms with E-state index >= 15 is 0 Å². The largest absolute Gasteiger partial charge is 0.481 e. The highest BCUT2D eigenvalue weighted by Gasteiger charge is 1.93. The Balaban J connectivity index is 2.73. The second-order valence-corrected chi connectivity index (χ2v) is 2.54. The second-order valence-electron chi connectivity index (χ2n) is 2.54. The molecule has 0 unspecified atom stereocenters. The van der Waals surface area contributed by atoms with Crippen LogP contribution in [0.15, 0.2) is 29.3 Å². The van der Waals surface area contributed by atoms with Crippen molar-refractivity contribution in [2.45, 2.75) is 13.8 Å². The molecule has 1 aromatic carbocycles. The van der Waals surface area contributed by atoms with Crippen molar-refractivity contribution in [3.05, 3.63) is 30.1 Å². The fraction of sp³-hybridized carbons (Fsp3) is 0.300. The number of nitrogens with zero attached hydrogens (tertiary/aromatic N) is 1. The van der Waals surface area contributed by atoms with Gasteiger partial charge in [0.2, 0.25) is 0 Å². The predicted molar refractivity (Wildman–Crippen MR) is 50.8 cm³/mol. The summed E-state index contributed by atoms with van der Waals surface area (Å²) < 4.78 is 17.6. The van der Waals surface area contributed by atoms with Crippen molar-refractivity contribution in [1.82, 2.24) is 0 Å². The summed E-state index contributed by atoms with van der Waals surface area (Å²) in [7, 11) is 0. The number of rotatable bonds is 2. The van der Waals surface area contributed by atoms with Crippen LogP contribution in [-0.2, 0) is 4.74 Å². The van der Waals surface area contributed by atoms with Gasteiger partial charge in [-0.25, -0.2) is 9.38 Å². The maximum Gasteiger partial charge on any atom is 0.185 e. The molecule has 0 bridgehead atoms. The molecule has 0 N–H and O–H groups in total. The molecule has 0 radical (unpaired) electrons. The Morgan fingerprint density at radius 1 is 1.38 bits per heavy atom. The Labute approximate surface area is 77.1 Å². The zero-order valence-corrected chi connectivity index (χ0v) is 7.75. The minimum absolute atomic E-state index is 0.256. The van der Waals surface area contributed by atoms with Crippen molar-refractivity contribution in [2.75, 3.05) is 6.61 Å². The van der Waals surface area contributed by atoms with Crippen molar-refractivity contribution < 1.29 is 9.13 Å². The summed E-state index contributed by atoms with van der Waals surface area (Å²) in [5.74, 6) is 0.335. The van der Waals surface area contributed by atoms with Crippen molar-refractivity contribution in [1.29, 1.82) is 0 Å². The molecule has 3 heteroatoms. The van der Waals surface area contributed by atoms with Crippen LogP contribution in [0.1, 0.15) is 13.8 Å². The average Bonchev–Trinajstić information content (AvgIpc) is 2.09. The van der Waals surface area contributed by atoms with Gasteiger partial charge in [-0.2, -0.15) is 0 Å². The normalized spacial score (nSPS) is 11.5. The Hall–Kier alpha value is -1.38. The predicted octanol–water partition coefficient (Wildman–Crippen LogP) is 2.91. The Kier molecular flexibility index (Phi) is 3.43. The number of hydrogen-bond donors (Lipinski definition) is 0. The Morgan fingerprint density at radius 3 is 2.54 bits per heavy atom. The lowest BCUT2D eigenvalue weighted by Gasteiger charge is -2.00. The maximum atomic E-state index is 12.5. The molecule has 0 spiro atoms. The monoisotopic (exact) mass is 181 g/mol. The van der Waals surface area contributed by atoms with E-state index in [-0.39, 0.29) is 5.82 Å². The Morgan fingerprint density at radius 2 is 2.00 bits per heavy atom. The fourth-order valence-corrected chi connectivity index (χ4v) is 0.939. The summed E-state index contributed by atoms with van der Waals surface area (Å²) in [6.45, 7) is 4.26. The number of aliphatic imine (C=N–C) groups is 1. The van der Waals surface area contributed by atoms with Gasteiger partial charge in [-0.3, -0.25) is 0 Å². The van der Waals surface area contributed by atoms with Gasteiger partial charge < -0.3 is 4.74 Å². The summed E-state index contributed by atoms with van der Waals surface area (Å²) in [5.41, 5.74) is 0.701. The van der Waals surface area contributed by atoms with Crippen LogP contribution >= 0.6 is 0 Å². The molecule has 0 saturated heterocycles. The van der Waals surface area contributed by atoms with Crippen molar-refractivity contribution in [3.63, 3.8) is 0 Å². The van der Waals surface area contributed by atoms with Crippen LogP contribution in [0.25, 0.3) is 0 Å². The first-order valence-electron chi connectivity index (χ1n) is 4.16. The van der Waals surface area contributed by atoms with E-state index in [0.717, 1.165) is 0 Å². The lowest BCUT2D eigenvalue weighted by Crippen LogP contribution is -1.97. The first kappa shape index (κ1) is 9.71. The molecule has 0 aliphatic heterocycles. The lowest BCUT2D eigenvalue weighted by molar-refractivity contribution is 0.325. The van der Waals surface area contributed by atoms with Crippen LogP contribution in [0.4, 0.5) is 10.1 Å². The zero-order chi connectivity index (χ0) is 9.68. The standard InChI is InChI=1S/C10H12FNO/c1-3-13-8(2)12-10-6-4-9(11)5-7-10/h4-7H,3H2,1-2H3. The van der Waals surface area contributed by atoms with E-state index in [1.54, 1.807) is 19.1 Å². The van der Waals surface area contributed by atoms with Crippen LogP contribution in [0.2, 0.25) is 0 Å². The number of halogens is 1. The van der Waals surface area contributed by atoms with E-state index in [9.17, 15) is 4.39 Å². The molecule has 1 rings (SSSR count). The van der Waals surface area contributed by atoms with Crippen LogP contribution in [0, 0.1) is 5.82 Å². The fourth-order valence-electron chi connectivity index (χ4n) is 0.939. The third kappa shape index (κ3) is 3.23. The molecule has 0 aliphatic rings. The molecular weight excluding hydrogens is 169 g/mol. The van der Waals surface area contributed by atoms with Crippen LogP contribution in [-0.4, -0.2) is 12.5 Å². The van der Waals surface area contributed by atoms with Gasteiger partial charge in [-0.05, 0) is 31.2 Å². The number of ether oxygens (including phenoxy) is 1. The highest BCUT2D eigenvalue weighted by molar-refractivity contribution is 5.76. The third-order valence-corrected chi connectivity index (χ3v) is 1.47. The minimum atomic E-state index is -0.256. The van der Waals surface area contributed by atoms with Gasteiger partial charge in [0, 0.05) is 6.92 Å². The molecule has 13 heavy (non-hydrogen) atoms. The summed E-state index contributed by atoms with van der Waals surface area (Å²) in [5, 5.41) is 0. The first-order valence-corrected chi connectivity index (χ1v) is 4.16. The smallest absolute Gasteiger partial charge is 0.185 e. The number of benzene rings is 1. The highest BCUT2D eigenvalue weighted by Crippen LogP contribution is 2.12. The zero-order valence-electron chi connectivity index (χ0n) is 7.75. The van der Waals surface area contributed by atoms with Gasteiger partial charge in [0.1, 0.15) is 5.82 Å². The maximum absolute atomic E-state index is 12.5. The average molecular weight is 181 g/mol. The van der Waals surface area contributed by atoms with Crippen molar-refractivity contribution >= 4 is 11.6 Å². The molecular formula is C10H12FNO. The van der Waals surface area contributed by atoms with Crippen molar-refractivity contribution in [3.8, 4) is 0 Å². The van der Waals surface area contributed by atoms with Crippen LogP contribution in [0.3, 0.4) is 0 Å². The topological polar surface area (TPSA) is 21.6 Å². The molecule has 0 amide bonds. The third-order valence-electron chi connectivity index (χ3n) is 1.47. The van der Waals surface area contributed by atoms with E-state index in [1.807, 2.05) is 6.92 Å². The molecule has 0 fully saturated rings. The molecule has 0 aromatic heterocycles. The van der Waals surface area contributed by atoms with E-state index in [4.69, 9.17) is 4.74 Å².